The minimum absolute atomic E-state index is 0.0218. The van der Waals surface area contributed by atoms with E-state index in [0.717, 1.165) is 18.5 Å². The molecule has 1 aromatic carbocycles. The average Bonchev–Trinajstić information content (AvgIpc) is 2.42. The number of alkyl halides is 6. The maximum absolute atomic E-state index is 12.6. The molecule has 0 aliphatic carbocycles. The minimum atomic E-state index is -5.26. The second-order valence-electron chi connectivity index (χ2n) is 3.94. The zero-order valence-corrected chi connectivity index (χ0v) is 10.3. The molecular formula is C11H5F6N3O2. The first-order valence-electron chi connectivity index (χ1n) is 5.45. The number of fused-ring (bicyclic) bond motifs is 1. The lowest BCUT2D eigenvalue weighted by Crippen LogP contribution is -2.27. The van der Waals surface area contributed by atoms with Crippen molar-refractivity contribution in [3.63, 3.8) is 0 Å². The molecule has 1 N–H and O–H groups in total. The molecule has 0 spiro atoms. The summed E-state index contributed by atoms with van der Waals surface area (Å²) in [6.45, 7) is 0. The third-order valence-corrected chi connectivity index (χ3v) is 2.43. The predicted octanol–water partition coefficient (Wildman–Crippen LogP) is 3.08. The molecule has 0 saturated heterocycles. The molecule has 0 radical (unpaired) electrons. The Morgan fingerprint density at radius 2 is 1.77 bits per heavy atom. The number of carbonyl (C=O) groups excluding carboxylic acids is 1. The maximum atomic E-state index is 12.6. The van der Waals surface area contributed by atoms with Gasteiger partial charge in [0.25, 0.3) is 0 Å². The van der Waals surface area contributed by atoms with Crippen LogP contribution in [0.3, 0.4) is 0 Å². The van der Waals surface area contributed by atoms with E-state index in [2.05, 4.69) is 14.8 Å². The number of aromatic nitrogens is 2. The highest BCUT2D eigenvalue weighted by atomic mass is 19.4. The third-order valence-electron chi connectivity index (χ3n) is 2.43. The van der Waals surface area contributed by atoms with Crippen molar-refractivity contribution in [2.45, 2.75) is 12.4 Å². The number of benzene rings is 1. The SMILES string of the molecule is O=C(ONc1ncnc2ccc(C(F)(F)F)cc12)C(F)(F)F. The second-order valence-corrected chi connectivity index (χ2v) is 3.94. The van der Waals surface area contributed by atoms with Gasteiger partial charge in [-0.15, -0.1) is 0 Å². The van der Waals surface area contributed by atoms with Gasteiger partial charge in [-0.25, -0.2) is 14.8 Å². The van der Waals surface area contributed by atoms with Crippen molar-refractivity contribution in [1.29, 1.82) is 0 Å². The number of nitrogens with zero attached hydrogens (tertiary/aromatic N) is 2. The predicted molar refractivity (Wildman–Crippen MR) is 60.3 cm³/mol. The smallest absolute Gasteiger partial charge is 0.333 e. The molecule has 5 nitrogen and oxygen atoms in total. The van der Waals surface area contributed by atoms with Crippen LogP contribution in [0.2, 0.25) is 0 Å². The topological polar surface area (TPSA) is 64.1 Å². The molecule has 11 heteroatoms. The third kappa shape index (κ3) is 3.35. The monoisotopic (exact) mass is 325 g/mol. The molecule has 2 rings (SSSR count). The molecule has 1 aromatic heterocycles. The van der Waals surface area contributed by atoms with E-state index in [1.807, 2.05) is 0 Å². The first-order chi connectivity index (χ1) is 10.1. The fourth-order valence-corrected chi connectivity index (χ4v) is 1.47. The summed E-state index contributed by atoms with van der Waals surface area (Å²) in [5, 5.41) is -0.257. The zero-order valence-electron chi connectivity index (χ0n) is 10.3. The molecule has 22 heavy (non-hydrogen) atoms. The fourth-order valence-electron chi connectivity index (χ4n) is 1.47. The Bertz CT molecular complexity index is 713. The van der Waals surface area contributed by atoms with Crippen LogP contribution in [0.15, 0.2) is 24.5 Å². The number of nitrogens with one attached hydrogen (secondary N) is 1. The number of rotatable bonds is 2. The fraction of sp³-hybridized carbons (Fsp3) is 0.182. The highest BCUT2D eigenvalue weighted by Crippen LogP contribution is 2.32. The van der Waals surface area contributed by atoms with E-state index in [1.54, 1.807) is 5.48 Å². The quantitative estimate of drug-likeness (QED) is 0.679. The molecule has 0 aliphatic rings. The molecule has 0 atom stereocenters. The van der Waals surface area contributed by atoms with E-state index in [0.29, 0.717) is 6.07 Å². The van der Waals surface area contributed by atoms with Crippen LogP contribution in [-0.2, 0) is 15.8 Å². The molecule has 2 aromatic rings. The Hall–Kier alpha value is -2.59. The van der Waals surface area contributed by atoms with Crippen LogP contribution in [0.5, 0.6) is 0 Å². The summed E-state index contributed by atoms with van der Waals surface area (Å²) in [7, 11) is 0. The Morgan fingerprint density at radius 3 is 2.36 bits per heavy atom. The van der Waals surface area contributed by atoms with Gasteiger partial charge in [-0.05, 0) is 18.2 Å². The molecule has 0 amide bonds. The molecule has 0 saturated carbocycles. The number of carbonyl (C=O) groups is 1. The summed E-state index contributed by atoms with van der Waals surface area (Å²) in [4.78, 5) is 21.4. The van der Waals surface area contributed by atoms with Gasteiger partial charge in [-0.3, -0.25) is 0 Å². The van der Waals surface area contributed by atoms with Gasteiger partial charge in [0.15, 0.2) is 5.82 Å². The molecule has 0 bridgehead atoms. The van der Waals surface area contributed by atoms with E-state index in [9.17, 15) is 31.1 Å². The van der Waals surface area contributed by atoms with Gasteiger partial charge in [0.2, 0.25) is 0 Å². The number of hydrogen-bond donors (Lipinski definition) is 1. The lowest BCUT2D eigenvalue weighted by molar-refractivity contribution is -0.196. The van der Waals surface area contributed by atoms with E-state index in [1.165, 1.54) is 0 Å². The number of halogens is 6. The Labute approximate surface area is 117 Å². The van der Waals surface area contributed by atoms with E-state index < -0.39 is 29.7 Å². The van der Waals surface area contributed by atoms with Crippen molar-refractivity contribution >= 4 is 22.7 Å². The summed E-state index contributed by atoms with van der Waals surface area (Å²) in [6, 6.07) is 2.39. The van der Waals surface area contributed by atoms with Gasteiger partial charge in [-0.2, -0.15) is 31.8 Å². The molecule has 118 valence electrons. The summed E-state index contributed by atoms with van der Waals surface area (Å²) in [5.74, 6) is -3.07. The van der Waals surface area contributed by atoms with E-state index >= 15 is 0 Å². The highest BCUT2D eigenvalue weighted by Gasteiger charge is 2.41. The maximum Gasteiger partial charge on any atom is 0.493 e. The lowest BCUT2D eigenvalue weighted by Gasteiger charge is -2.11. The van der Waals surface area contributed by atoms with Crippen molar-refractivity contribution in [2.75, 3.05) is 5.48 Å². The Kier molecular flexibility index (Phi) is 3.81. The summed E-state index contributed by atoms with van der Waals surface area (Å²) < 4.78 is 73.8. The Morgan fingerprint density at radius 1 is 1.09 bits per heavy atom. The summed E-state index contributed by atoms with van der Waals surface area (Å²) >= 11 is 0. The number of anilines is 1. The van der Waals surface area contributed by atoms with Crippen LogP contribution < -0.4 is 5.48 Å². The first kappa shape index (κ1) is 15.8. The summed E-state index contributed by atoms with van der Waals surface area (Å²) in [6.07, 6.45) is -9.03. The van der Waals surface area contributed by atoms with Crippen molar-refractivity contribution in [2.24, 2.45) is 0 Å². The van der Waals surface area contributed by atoms with Crippen LogP contribution in [0, 0.1) is 0 Å². The van der Waals surface area contributed by atoms with Crippen molar-refractivity contribution in [1.82, 2.24) is 9.97 Å². The molecule has 1 heterocycles. The standard InChI is InChI=1S/C11H5F6N3O2/c12-10(13,14)5-1-2-7-6(3-5)8(19-4-18-7)20-22-9(21)11(15,16)17/h1-4H,(H,18,19,20). The average molecular weight is 325 g/mol. The molecule has 0 unspecified atom stereocenters. The van der Waals surface area contributed by atoms with Gasteiger partial charge in [0, 0.05) is 5.39 Å². The number of hydrogen-bond acceptors (Lipinski definition) is 5. The first-order valence-corrected chi connectivity index (χ1v) is 5.45. The molecule has 0 aliphatic heterocycles. The molecular weight excluding hydrogens is 320 g/mol. The minimum Gasteiger partial charge on any atom is -0.333 e. The van der Waals surface area contributed by atoms with Gasteiger partial charge >= 0.3 is 18.3 Å². The lowest BCUT2D eigenvalue weighted by atomic mass is 10.1. The van der Waals surface area contributed by atoms with Crippen LogP contribution in [0.4, 0.5) is 32.2 Å². The zero-order chi connectivity index (χ0) is 16.5. The molecule has 0 fully saturated rings. The van der Waals surface area contributed by atoms with Gasteiger partial charge in [-0.1, -0.05) is 0 Å². The highest BCUT2D eigenvalue weighted by molar-refractivity contribution is 5.89. The van der Waals surface area contributed by atoms with E-state index in [4.69, 9.17) is 0 Å². The van der Waals surface area contributed by atoms with Gasteiger partial charge in [0.1, 0.15) is 6.33 Å². The normalized spacial score (nSPS) is 12.3. The summed E-state index contributed by atoms with van der Waals surface area (Å²) in [5.41, 5.74) is 0.551. The van der Waals surface area contributed by atoms with Crippen molar-refractivity contribution in [3.8, 4) is 0 Å². The van der Waals surface area contributed by atoms with Crippen LogP contribution in [-0.4, -0.2) is 22.1 Å². The van der Waals surface area contributed by atoms with E-state index in [-0.39, 0.29) is 10.9 Å². The van der Waals surface area contributed by atoms with Crippen molar-refractivity contribution in [3.05, 3.63) is 30.1 Å². The second kappa shape index (κ2) is 5.31. The van der Waals surface area contributed by atoms with Gasteiger partial charge in [0.05, 0.1) is 11.1 Å². The van der Waals surface area contributed by atoms with Crippen LogP contribution >= 0.6 is 0 Å². The van der Waals surface area contributed by atoms with Gasteiger partial charge < -0.3 is 4.84 Å². The van der Waals surface area contributed by atoms with Crippen LogP contribution in [0.25, 0.3) is 10.9 Å². The Balaban J connectivity index is 2.35. The van der Waals surface area contributed by atoms with Crippen molar-refractivity contribution < 1.29 is 36.0 Å². The largest absolute Gasteiger partial charge is 0.493 e. The van der Waals surface area contributed by atoms with Crippen LogP contribution in [0.1, 0.15) is 5.56 Å².